The van der Waals surface area contributed by atoms with Gasteiger partial charge in [0.15, 0.2) is 11.6 Å². The van der Waals surface area contributed by atoms with Gasteiger partial charge in [-0.2, -0.15) is 0 Å². The Balaban J connectivity index is 3.06. The highest BCUT2D eigenvalue weighted by Gasteiger charge is 2.56. The third-order valence-corrected chi connectivity index (χ3v) is 4.56. The zero-order chi connectivity index (χ0) is 17.1. The van der Waals surface area contributed by atoms with Crippen LogP contribution in [0.4, 0.5) is 0 Å². The fourth-order valence-corrected chi connectivity index (χ4v) is 2.73. The average molecular weight is 331 g/mol. The molecule has 0 aliphatic rings. The van der Waals surface area contributed by atoms with Gasteiger partial charge in [0.05, 0.1) is 12.6 Å². The van der Waals surface area contributed by atoms with E-state index in [1.807, 2.05) is 0 Å². The molecule has 9 nitrogen and oxygen atoms in total. The molecule has 2 atom stereocenters. The Morgan fingerprint density at radius 1 is 1.23 bits per heavy atom. The van der Waals surface area contributed by atoms with Gasteiger partial charge in [0.25, 0.3) is 0 Å². The van der Waals surface area contributed by atoms with E-state index in [1.165, 1.54) is 24.3 Å². The lowest BCUT2D eigenvalue weighted by molar-refractivity contribution is -0.131. The molecule has 1 rings (SSSR count). The number of phenols is 1. The first-order valence-corrected chi connectivity index (χ1v) is 7.81. The third kappa shape index (κ3) is 3.58. The highest BCUT2D eigenvalue weighted by Crippen LogP contribution is 2.48. The van der Waals surface area contributed by atoms with Crippen molar-refractivity contribution in [2.75, 3.05) is 6.54 Å². The van der Waals surface area contributed by atoms with E-state index in [4.69, 9.17) is 22.3 Å². The van der Waals surface area contributed by atoms with Crippen molar-refractivity contribution >= 4 is 19.2 Å². The summed E-state index contributed by atoms with van der Waals surface area (Å²) in [6.45, 7) is -0.806. The van der Waals surface area contributed by atoms with Crippen molar-refractivity contribution in [1.29, 1.82) is 0 Å². The van der Waals surface area contributed by atoms with E-state index >= 15 is 0 Å². The normalized spacial score (nSPS) is 15.9. The first-order chi connectivity index (χ1) is 10.0. The highest BCUT2D eigenvalue weighted by atomic mass is 31.2. The molecular formula is C12H18N3O6P. The van der Waals surface area contributed by atoms with Gasteiger partial charge in [0, 0.05) is 0 Å². The van der Waals surface area contributed by atoms with Crippen molar-refractivity contribution in [2.45, 2.75) is 17.7 Å². The van der Waals surface area contributed by atoms with Crippen LogP contribution in [0.25, 0.3) is 0 Å². The predicted molar refractivity (Wildman–Crippen MR) is 77.8 cm³/mol. The lowest BCUT2D eigenvalue weighted by Crippen LogP contribution is -2.61. The molecule has 22 heavy (non-hydrogen) atoms. The molecule has 1 unspecified atom stereocenters. The Hall–Kier alpha value is -1.61. The van der Waals surface area contributed by atoms with E-state index in [0.29, 0.717) is 5.56 Å². The van der Waals surface area contributed by atoms with E-state index < -0.39 is 37.0 Å². The fourth-order valence-electron chi connectivity index (χ4n) is 1.86. The molecule has 1 aromatic carbocycles. The topological polar surface area (TPSA) is 190 Å². The number of aromatic hydroxyl groups is 1. The maximum absolute atomic E-state index is 12.2. The maximum Gasteiger partial charge on any atom is 0.360 e. The number of ketones is 2. The first-order valence-electron chi connectivity index (χ1n) is 6.19. The van der Waals surface area contributed by atoms with Gasteiger partial charge in [-0.1, -0.05) is 12.1 Å². The highest BCUT2D eigenvalue weighted by molar-refractivity contribution is 7.56. The summed E-state index contributed by atoms with van der Waals surface area (Å²) in [4.78, 5) is 42.4. The summed E-state index contributed by atoms with van der Waals surface area (Å²) < 4.78 is 11.5. The number of carbonyl (C=O) groups is 2. The van der Waals surface area contributed by atoms with E-state index in [2.05, 4.69) is 0 Å². The van der Waals surface area contributed by atoms with Crippen molar-refractivity contribution < 1.29 is 29.0 Å². The number of rotatable bonds is 7. The SMILES string of the molecule is NCC(=O)C(N)(C(=O)[C@@H](N)Cc1ccc(O)cc1)P(=O)(O)O. The molecule has 10 heteroatoms. The summed E-state index contributed by atoms with van der Waals surface area (Å²) in [6.07, 6.45) is -0.115. The van der Waals surface area contributed by atoms with Crippen LogP contribution < -0.4 is 17.2 Å². The van der Waals surface area contributed by atoms with Gasteiger partial charge < -0.3 is 32.1 Å². The maximum atomic E-state index is 12.2. The number of phenolic OH excluding ortho intramolecular Hbond substituents is 1. The van der Waals surface area contributed by atoms with Gasteiger partial charge in [-0.15, -0.1) is 0 Å². The summed E-state index contributed by atoms with van der Waals surface area (Å²) in [5.74, 6) is -2.57. The van der Waals surface area contributed by atoms with Crippen LogP contribution in [0.3, 0.4) is 0 Å². The quantitative estimate of drug-likeness (QED) is 0.247. The molecule has 1 aromatic rings. The van der Waals surface area contributed by atoms with Gasteiger partial charge in [-0.05, 0) is 24.1 Å². The van der Waals surface area contributed by atoms with Crippen LogP contribution in [0, 0.1) is 0 Å². The van der Waals surface area contributed by atoms with Crippen molar-refractivity contribution in [1.82, 2.24) is 0 Å². The molecule has 0 fully saturated rings. The van der Waals surface area contributed by atoms with E-state index in [1.54, 1.807) is 0 Å². The summed E-state index contributed by atoms with van der Waals surface area (Å²) in [7, 11) is -5.30. The molecule has 0 saturated carbocycles. The number of hydrogen-bond acceptors (Lipinski definition) is 7. The molecule has 122 valence electrons. The molecule has 0 bridgehead atoms. The zero-order valence-corrected chi connectivity index (χ0v) is 12.4. The Morgan fingerprint density at radius 3 is 2.14 bits per heavy atom. The minimum Gasteiger partial charge on any atom is -0.508 e. The number of nitrogens with two attached hydrogens (primary N) is 3. The van der Waals surface area contributed by atoms with Crippen LogP contribution in [0.15, 0.2) is 24.3 Å². The van der Waals surface area contributed by atoms with Crippen LogP contribution in [0.2, 0.25) is 0 Å². The summed E-state index contributed by atoms with van der Waals surface area (Å²) in [5.41, 5.74) is 16.6. The molecule has 0 aliphatic carbocycles. The van der Waals surface area contributed by atoms with Crippen LogP contribution in [-0.4, -0.2) is 44.3 Å². The van der Waals surface area contributed by atoms with Crippen LogP contribution >= 0.6 is 7.60 Å². The van der Waals surface area contributed by atoms with Crippen molar-refractivity contribution in [3.8, 4) is 5.75 Å². The van der Waals surface area contributed by atoms with Gasteiger partial charge >= 0.3 is 7.60 Å². The smallest absolute Gasteiger partial charge is 0.360 e. The lowest BCUT2D eigenvalue weighted by atomic mass is 9.96. The first kappa shape index (κ1) is 18.4. The second-order valence-corrected chi connectivity index (χ2v) is 6.57. The summed E-state index contributed by atoms with van der Waals surface area (Å²) in [6, 6.07) is 4.25. The fraction of sp³-hybridized carbons (Fsp3) is 0.333. The van der Waals surface area contributed by atoms with Crippen molar-refractivity contribution in [3.05, 3.63) is 29.8 Å². The van der Waals surface area contributed by atoms with Gasteiger partial charge in [-0.25, -0.2) is 0 Å². The third-order valence-electron chi connectivity index (χ3n) is 3.17. The summed E-state index contributed by atoms with van der Waals surface area (Å²) >= 11 is 0. The van der Waals surface area contributed by atoms with Crippen LogP contribution in [0.5, 0.6) is 5.75 Å². The Bertz CT molecular complexity index is 614. The molecule has 0 amide bonds. The zero-order valence-electron chi connectivity index (χ0n) is 11.5. The Labute approximate surface area is 126 Å². The minimum atomic E-state index is -5.30. The molecule has 0 radical (unpaired) electrons. The number of benzene rings is 1. The van der Waals surface area contributed by atoms with E-state index in [0.717, 1.165) is 0 Å². The summed E-state index contributed by atoms with van der Waals surface area (Å²) in [5, 5.41) is 6.10. The molecule has 0 aromatic heterocycles. The van der Waals surface area contributed by atoms with Gasteiger partial charge in [0.1, 0.15) is 5.75 Å². The molecule has 0 saturated heterocycles. The molecule has 0 aliphatic heterocycles. The lowest BCUT2D eigenvalue weighted by Gasteiger charge is -2.29. The van der Waals surface area contributed by atoms with Gasteiger partial charge in [0.2, 0.25) is 5.28 Å². The molecular weight excluding hydrogens is 313 g/mol. The number of Topliss-reactive ketones (excluding diaryl/α,β-unsaturated/α-hetero) is 2. The molecule has 0 spiro atoms. The predicted octanol–water partition coefficient (Wildman–Crippen LogP) is -1.81. The monoisotopic (exact) mass is 331 g/mol. The van der Waals surface area contributed by atoms with E-state index in [-0.39, 0.29) is 12.2 Å². The van der Waals surface area contributed by atoms with Crippen LogP contribution in [-0.2, 0) is 20.6 Å². The second-order valence-electron chi connectivity index (χ2n) is 4.78. The van der Waals surface area contributed by atoms with Crippen molar-refractivity contribution in [3.63, 3.8) is 0 Å². The Kier molecular flexibility index (Phi) is 5.58. The standard InChI is InChI=1S/C12H18N3O6P/c13-6-10(17)12(15,22(19,20)21)11(18)9(14)5-7-1-3-8(16)4-2-7/h1-4,9,16H,5-6,13-15H2,(H2,19,20,21)/t9-,12?/m0/s1. The largest absolute Gasteiger partial charge is 0.508 e. The Morgan fingerprint density at radius 2 is 1.73 bits per heavy atom. The average Bonchev–Trinajstić information content (AvgIpc) is 2.45. The number of carbonyl (C=O) groups excluding carboxylic acids is 2. The molecule has 0 heterocycles. The van der Waals surface area contributed by atoms with Gasteiger partial charge in [-0.3, -0.25) is 14.2 Å². The van der Waals surface area contributed by atoms with Crippen LogP contribution in [0.1, 0.15) is 5.56 Å². The number of hydrogen-bond donors (Lipinski definition) is 6. The molecule has 9 N–H and O–H groups in total. The van der Waals surface area contributed by atoms with E-state index in [9.17, 15) is 23.9 Å². The second kappa shape index (κ2) is 6.66. The van der Waals surface area contributed by atoms with Crippen molar-refractivity contribution in [2.24, 2.45) is 17.2 Å². The minimum absolute atomic E-state index is 0.00495.